The van der Waals surface area contributed by atoms with Crippen molar-refractivity contribution in [3.05, 3.63) is 42.0 Å². The Kier molecular flexibility index (Phi) is 5.77. The van der Waals surface area contributed by atoms with Gasteiger partial charge in [-0.3, -0.25) is 9.11 Å². The first-order valence-electron chi connectivity index (χ1n) is 8.37. The number of hydrogen-bond acceptors (Lipinski definition) is 9. The van der Waals surface area contributed by atoms with Crippen LogP contribution in [0.15, 0.2) is 50.4 Å². The monoisotopic (exact) mass is 488 g/mol. The topological polar surface area (TPSA) is 192 Å². The van der Waals surface area contributed by atoms with Crippen LogP contribution in [0.3, 0.4) is 0 Å². The number of anilines is 2. The Balaban J connectivity index is 2.35. The number of azo groups is 1. The van der Waals surface area contributed by atoms with Gasteiger partial charge < -0.3 is 16.2 Å². The van der Waals surface area contributed by atoms with Gasteiger partial charge in [0.25, 0.3) is 20.2 Å². The fraction of sp³-hybridized carbons (Fsp3) is 0.0588. The Morgan fingerprint density at radius 2 is 1.50 bits per heavy atom. The van der Waals surface area contributed by atoms with Crippen molar-refractivity contribution in [1.82, 2.24) is 0 Å². The van der Waals surface area contributed by atoms with Crippen LogP contribution in [0.5, 0.6) is 5.75 Å². The number of benzene rings is 3. The molecule has 0 radical (unpaired) electrons. The summed E-state index contributed by atoms with van der Waals surface area (Å²) < 4.78 is 92.5. The van der Waals surface area contributed by atoms with Crippen molar-refractivity contribution in [2.75, 3.05) is 18.1 Å². The number of aromatic hydroxyl groups is 1. The van der Waals surface area contributed by atoms with Crippen molar-refractivity contribution in [2.24, 2.45) is 10.2 Å². The molecule has 0 bridgehead atoms. The first-order valence-corrected chi connectivity index (χ1v) is 11.3. The number of phenols is 1. The van der Waals surface area contributed by atoms with E-state index in [1.54, 1.807) is 0 Å². The normalized spacial score (nSPS) is 12.5. The summed E-state index contributed by atoms with van der Waals surface area (Å²) in [6, 6.07) is 4.12. The van der Waals surface area contributed by atoms with E-state index >= 15 is 0 Å². The molecule has 0 aromatic heterocycles. The summed E-state index contributed by atoms with van der Waals surface area (Å²) in [5.41, 5.74) is 4.61. The van der Waals surface area contributed by atoms with Crippen LogP contribution in [-0.4, -0.2) is 38.1 Å². The molecule has 15 heteroatoms. The Morgan fingerprint density at radius 3 is 2.06 bits per heavy atom. The molecule has 6 N–H and O–H groups in total. The molecular weight excluding hydrogens is 474 g/mol. The smallest absolute Gasteiger partial charge is 0.296 e. The highest BCUT2D eigenvalue weighted by atomic mass is 32.2. The Morgan fingerprint density at radius 1 is 0.906 bits per heavy atom. The lowest BCUT2D eigenvalue weighted by atomic mass is 10.1. The van der Waals surface area contributed by atoms with Crippen molar-refractivity contribution in [1.29, 1.82) is 0 Å². The van der Waals surface area contributed by atoms with E-state index < -0.39 is 58.8 Å². The predicted octanol–water partition coefficient (Wildman–Crippen LogP) is 3.36. The minimum Gasteiger partial charge on any atom is -0.505 e. The van der Waals surface area contributed by atoms with Crippen LogP contribution in [-0.2, 0) is 20.2 Å². The number of fused-ring (bicyclic) bond motifs is 1. The summed E-state index contributed by atoms with van der Waals surface area (Å²) in [6.45, 7) is 0. The number of rotatable bonds is 5. The first kappa shape index (κ1) is 23.3. The maximum atomic E-state index is 13.6. The molecule has 3 aromatic rings. The minimum absolute atomic E-state index is 0.0110. The molecule has 0 heterocycles. The largest absolute Gasteiger partial charge is 0.505 e. The third-order valence-corrected chi connectivity index (χ3v) is 6.11. The fourth-order valence-electron chi connectivity index (χ4n) is 2.86. The molecule has 0 atom stereocenters. The number of hydrogen-bond donors (Lipinski definition) is 5. The van der Waals surface area contributed by atoms with Gasteiger partial charge in [0.1, 0.15) is 21.2 Å². The van der Waals surface area contributed by atoms with Crippen molar-refractivity contribution in [3.8, 4) is 5.75 Å². The summed E-state index contributed by atoms with van der Waals surface area (Å²) in [6.07, 6.45) is 0. The highest BCUT2D eigenvalue weighted by Crippen LogP contribution is 2.44. The van der Waals surface area contributed by atoms with Crippen molar-refractivity contribution >= 4 is 53.8 Å². The lowest BCUT2D eigenvalue weighted by molar-refractivity contribution is 0.471. The summed E-state index contributed by atoms with van der Waals surface area (Å²) in [7, 11) is -8.58. The zero-order valence-corrected chi connectivity index (χ0v) is 17.5. The van der Waals surface area contributed by atoms with Crippen LogP contribution in [0.4, 0.5) is 31.5 Å². The lowest BCUT2D eigenvalue weighted by Gasteiger charge is -2.13. The van der Waals surface area contributed by atoms with E-state index in [9.17, 15) is 39.8 Å². The maximum absolute atomic E-state index is 13.6. The second-order valence-corrected chi connectivity index (χ2v) is 9.11. The van der Waals surface area contributed by atoms with E-state index in [4.69, 9.17) is 5.73 Å². The number of nitrogen functional groups attached to an aromatic ring is 1. The standard InChI is InChI=1S/C17H14F2N4O7S2/c1-21-11-3-2-7-8(15(11)20)4-14(32(28,29)30)16(17(7)24)23-22-12-5-9(18)10(19)6-13(12)31(25,26)27/h2-6,21,24H,20H2,1H3,(H,25,26,27)(H,28,29,30). The van der Waals surface area contributed by atoms with E-state index in [1.165, 1.54) is 19.2 Å². The zero-order valence-electron chi connectivity index (χ0n) is 15.9. The van der Waals surface area contributed by atoms with Crippen LogP contribution in [0, 0.1) is 11.6 Å². The molecule has 0 aliphatic rings. The number of nitrogens with one attached hydrogen (secondary N) is 1. The third-order valence-electron chi connectivity index (χ3n) is 4.36. The quantitative estimate of drug-likeness (QED) is 0.203. The molecule has 0 amide bonds. The van der Waals surface area contributed by atoms with Gasteiger partial charge in [-0.1, -0.05) is 0 Å². The fourth-order valence-corrected chi connectivity index (χ4v) is 4.13. The summed E-state index contributed by atoms with van der Waals surface area (Å²) in [4.78, 5) is -2.13. The molecule has 0 spiro atoms. The maximum Gasteiger partial charge on any atom is 0.296 e. The van der Waals surface area contributed by atoms with E-state index in [2.05, 4.69) is 15.5 Å². The molecule has 0 unspecified atom stereocenters. The van der Waals surface area contributed by atoms with Gasteiger partial charge in [0, 0.05) is 30.0 Å². The Labute approximate surface area is 179 Å². The lowest BCUT2D eigenvalue weighted by Crippen LogP contribution is -2.02. The SMILES string of the molecule is CNc1ccc2c(O)c(N=Nc3cc(F)c(F)cc3S(=O)(=O)O)c(S(=O)(=O)O)cc2c1N. The van der Waals surface area contributed by atoms with Gasteiger partial charge in [-0.25, -0.2) is 8.78 Å². The average Bonchev–Trinajstić information content (AvgIpc) is 2.68. The van der Waals surface area contributed by atoms with Gasteiger partial charge in [-0.05, 0) is 18.2 Å². The summed E-state index contributed by atoms with van der Waals surface area (Å²) >= 11 is 0. The first-order chi connectivity index (χ1) is 14.8. The van der Waals surface area contributed by atoms with Crippen molar-refractivity contribution < 1.29 is 39.8 Å². The number of nitrogens with zero attached hydrogens (tertiary/aromatic N) is 2. The second kappa shape index (κ2) is 7.94. The van der Waals surface area contributed by atoms with E-state index in [0.717, 1.165) is 6.07 Å². The number of phenolic OH excluding ortho intramolecular Hbond substituents is 1. The van der Waals surface area contributed by atoms with Crippen LogP contribution < -0.4 is 11.1 Å². The van der Waals surface area contributed by atoms with Crippen LogP contribution in [0.25, 0.3) is 10.8 Å². The van der Waals surface area contributed by atoms with Crippen molar-refractivity contribution in [3.63, 3.8) is 0 Å². The van der Waals surface area contributed by atoms with Gasteiger partial charge in [0.15, 0.2) is 17.4 Å². The number of halogens is 2. The highest BCUT2D eigenvalue weighted by Gasteiger charge is 2.24. The van der Waals surface area contributed by atoms with Crippen LogP contribution >= 0.6 is 0 Å². The van der Waals surface area contributed by atoms with Gasteiger partial charge in [0.2, 0.25) is 0 Å². The summed E-state index contributed by atoms with van der Waals surface area (Å²) in [5, 5.41) is 20.1. The molecule has 0 saturated carbocycles. The predicted molar refractivity (Wildman–Crippen MR) is 110 cm³/mol. The minimum atomic E-state index is -5.09. The molecule has 3 rings (SSSR count). The molecule has 170 valence electrons. The zero-order chi connectivity index (χ0) is 24.0. The molecule has 0 aliphatic carbocycles. The molecule has 32 heavy (non-hydrogen) atoms. The molecule has 0 aliphatic heterocycles. The molecule has 0 saturated heterocycles. The van der Waals surface area contributed by atoms with Crippen LogP contribution in [0.2, 0.25) is 0 Å². The van der Waals surface area contributed by atoms with E-state index in [-0.39, 0.29) is 28.6 Å². The molecule has 11 nitrogen and oxygen atoms in total. The van der Waals surface area contributed by atoms with Gasteiger partial charge >= 0.3 is 0 Å². The molecule has 0 fully saturated rings. The summed E-state index contributed by atoms with van der Waals surface area (Å²) in [5.74, 6) is -3.97. The van der Waals surface area contributed by atoms with Crippen LogP contribution in [0.1, 0.15) is 0 Å². The Hall–Kier alpha value is -3.40. The van der Waals surface area contributed by atoms with E-state index in [1.807, 2.05) is 0 Å². The van der Waals surface area contributed by atoms with E-state index in [0.29, 0.717) is 5.69 Å². The average molecular weight is 488 g/mol. The second-order valence-electron chi connectivity index (χ2n) is 6.33. The number of nitrogens with two attached hydrogens (primary N) is 1. The Bertz CT molecular complexity index is 1510. The van der Waals surface area contributed by atoms with Gasteiger partial charge in [-0.15, -0.1) is 10.2 Å². The van der Waals surface area contributed by atoms with Gasteiger partial charge in [0.05, 0.1) is 11.4 Å². The molecule has 3 aromatic carbocycles. The van der Waals surface area contributed by atoms with Crippen molar-refractivity contribution in [2.45, 2.75) is 9.79 Å². The molecular formula is C17H14F2N4O7S2. The van der Waals surface area contributed by atoms with Gasteiger partial charge in [-0.2, -0.15) is 16.8 Å². The highest BCUT2D eigenvalue weighted by molar-refractivity contribution is 7.86. The third kappa shape index (κ3) is 4.18.